The molecule has 2 aliphatic rings. The van der Waals surface area contributed by atoms with E-state index in [-0.39, 0.29) is 11.7 Å². The first-order valence-electron chi connectivity index (χ1n) is 8.49. The molecule has 3 N–H and O–H groups in total. The van der Waals surface area contributed by atoms with E-state index in [0.717, 1.165) is 12.8 Å². The molecule has 1 heterocycles. The minimum atomic E-state index is -0.798. The molecule has 1 aromatic carbocycles. The Bertz CT molecular complexity index is 645. The molecule has 0 spiro atoms. The molecule has 2 fully saturated rings. The van der Waals surface area contributed by atoms with Crippen molar-refractivity contribution >= 4 is 12.1 Å². The summed E-state index contributed by atoms with van der Waals surface area (Å²) in [6, 6.07) is 5.45. The van der Waals surface area contributed by atoms with Crippen LogP contribution in [0.25, 0.3) is 0 Å². The number of aliphatic hydroxyl groups excluding tert-OH is 1. The number of likely N-dealkylation sites (tertiary alicyclic amines) is 1. The fraction of sp³-hybridized carbons (Fsp3) is 0.474. The van der Waals surface area contributed by atoms with Gasteiger partial charge in [-0.2, -0.15) is 0 Å². The van der Waals surface area contributed by atoms with Gasteiger partial charge in [0.2, 0.25) is 0 Å². The van der Waals surface area contributed by atoms with E-state index in [4.69, 9.17) is 0 Å². The maximum atomic E-state index is 14.3. The van der Waals surface area contributed by atoms with Crippen molar-refractivity contribution in [2.75, 3.05) is 13.6 Å². The Hall–Kier alpha value is -2.05. The molecule has 1 aliphatic heterocycles. The van der Waals surface area contributed by atoms with Gasteiger partial charge in [-0.15, -0.1) is 0 Å². The zero-order valence-corrected chi connectivity index (χ0v) is 14.4. The SMILES string of the molecule is C=C1C(C=O)C(O)CCN1C(C(=O)C1CC1)c1ccccc1F.CN. The number of rotatable bonds is 5. The van der Waals surface area contributed by atoms with Crippen LogP contribution in [0, 0.1) is 17.7 Å². The summed E-state index contributed by atoms with van der Waals surface area (Å²) in [5.41, 5.74) is 5.20. The van der Waals surface area contributed by atoms with Gasteiger partial charge in [0.25, 0.3) is 0 Å². The predicted molar refractivity (Wildman–Crippen MR) is 93.0 cm³/mol. The number of hydrogen-bond acceptors (Lipinski definition) is 5. The van der Waals surface area contributed by atoms with Crippen LogP contribution in [0.1, 0.15) is 30.9 Å². The van der Waals surface area contributed by atoms with Gasteiger partial charge in [0, 0.05) is 23.7 Å². The Kier molecular flexibility index (Phi) is 6.45. The third kappa shape index (κ3) is 3.96. The maximum absolute atomic E-state index is 14.3. The van der Waals surface area contributed by atoms with E-state index in [9.17, 15) is 19.1 Å². The number of carbonyl (C=O) groups is 2. The minimum absolute atomic E-state index is 0.0303. The van der Waals surface area contributed by atoms with Crippen molar-refractivity contribution in [3.63, 3.8) is 0 Å². The van der Waals surface area contributed by atoms with Crippen molar-refractivity contribution in [2.24, 2.45) is 17.6 Å². The van der Waals surface area contributed by atoms with Crippen LogP contribution in [0.15, 0.2) is 36.5 Å². The molecule has 1 saturated carbocycles. The van der Waals surface area contributed by atoms with Gasteiger partial charge in [-0.05, 0) is 32.4 Å². The van der Waals surface area contributed by atoms with Crippen LogP contribution in [0.3, 0.4) is 0 Å². The Morgan fingerprint density at radius 2 is 2.00 bits per heavy atom. The van der Waals surface area contributed by atoms with Crippen LogP contribution in [0.5, 0.6) is 0 Å². The van der Waals surface area contributed by atoms with Crippen LogP contribution >= 0.6 is 0 Å². The van der Waals surface area contributed by atoms with E-state index in [0.29, 0.717) is 30.5 Å². The number of aldehydes is 1. The van der Waals surface area contributed by atoms with E-state index in [2.05, 4.69) is 12.3 Å². The summed E-state index contributed by atoms with van der Waals surface area (Å²) in [7, 11) is 1.50. The molecule has 0 bridgehead atoms. The molecule has 0 amide bonds. The van der Waals surface area contributed by atoms with Crippen LogP contribution in [0.4, 0.5) is 4.39 Å². The number of aliphatic hydroxyl groups is 1. The number of piperidine rings is 1. The zero-order chi connectivity index (χ0) is 18.6. The molecule has 5 nitrogen and oxygen atoms in total. The number of carbonyl (C=O) groups excluding carboxylic acids is 2. The minimum Gasteiger partial charge on any atom is -0.392 e. The molecule has 136 valence electrons. The monoisotopic (exact) mass is 348 g/mol. The normalized spacial score (nSPS) is 24.2. The van der Waals surface area contributed by atoms with Crippen molar-refractivity contribution in [3.8, 4) is 0 Å². The van der Waals surface area contributed by atoms with Crippen molar-refractivity contribution in [3.05, 3.63) is 47.9 Å². The molecule has 1 aliphatic carbocycles. The number of benzene rings is 1. The topological polar surface area (TPSA) is 83.6 Å². The number of nitrogens with two attached hydrogens (primary N) is 1. The fourth-order valence-electron chi connectivity index (χ4n) is 3.23. The van der Waals surface area contributed by atoms with E-state index < -0.39 is 23.9 Å². The Balaban J connectivity index is 0.00000109. The first-order valence-corrected chi connectivity index (χ1v) is 8.49. The van der Waals surface area contributed by atoms with Gasteiger partial charge in [0.15, 0.2) is 5.78 Å². The summed E-state index contributed by atoms with van der Waals surface area (Å²) in [5.74, 6) is -1.26. The smallest absolute Gasteiger partial charge is 0.162 e. The average molecular weight is 348 g/mol. The molecule has 6 heteroatoms. The summed E-state index contributed by atoms with van der Waals surface area (Å²) in [4.78, 5) is 25.7. The molecule has 25 heavy (non-hydrogen) atoms. The summed E-state index contributed by atoms with van der Waals surface area (Å²) in [6.07, 6.45) is 1.85. The second-order valence-corrected chi connectivity index (χ2v) is 6.30. The van der Waals surface area contributed by atoms with Gasteiger partial charge < -0.3 is 20.5 Å². The molecular weight excluding hydrogens is 323 g/mol. The number of ketones is 1. The molecule has 0 radical (unpaired) electrons. The number of hydrogen-bond donors (Lipinski definition) is 2. The van der Waals surface area contributed by atoms with E-state index in [1.165, 1.54) is 13.1 Å². The van der Waals surface area contributed by atoms with E-state index >= 15 is 0 Å². The zero-order valence-electron chi connectivity index (χ0n) is 14.4. The molecule has 1 aromatic rings. The molecule has 3 unspecified atom stereocenters. The summed E-state index contributed by atoms with van der Waals surface area (Å²) in [5, 5.41) is 9.95. The van der Waals surface area contributed by atoms with Gasteiger partial charge in [-0.3, -0.25) is 4.79 Å². The van der Waals surface area contributed by atoms with Crippen molar-refractivity contribution in [1.29, 1.82) is 0 Å². The van der Waals surface area contributed by atoms with Gasteiger partial charge in [-0.25, -0.2) is 4.39 Å². The first-order chi connectivity index (χ1) is 12.0. The first kappa shape index (κ1) is 19.3. The second kappa shape index (κ2) is 8.36. The highest BCUT2D eigenvalue weighted by Crippen LogP contribution is 2.41. The van der Waals surface area contributed by atoms with Gasteiger partial charge in [0.1, 0.15) is 18.1 Å². The average Bonchev–Trinajstić information content (AvgIpc) is 3.46. The Morgan fingerprint density at radius 1 is 1.36 bits per heavy atom. The quantitative estimate of drug-likeness (QED) is 0.793. The fourth-order valence-corrected chi connectivity index (χ4v) is 3.23. The lowest BCUT2D eigenvalue weighted by Gasteiger charge is -2.42. The third-order valence-electron chi connectivity index (χ3n) is 4.74. The molecular formula is C19H25FN2O3. The van der Waals surface area contributed by atoms with Gasteiger partial charge in [-0.1, -0.05) is 24.8 Å². The van der Waals surface area contributed by atoms with Crippen LogP contribution in [-0.2, 0) is 9.59 Å². The highest BCUT2D eigenvalue weighted by molar-refractivity contribution is 5.89. The predicted octanol–water partition coefficient (Wildman–Crippen LogP) is 1.82. The lowest BCUT2D eigenvalue weighted by Crippen LogP contribution is -2.45. The van der Waals surface area contributed by atoms with Crippen molar-refractivity contribution in [2.45, 2.75) is 31.4 Å². The van der Waals surface area contributed by atoms with E-state index in [1.54, 1.807) is 23.1 Å². The van der Waals surface area contributed by atoms with Gasteiger partial charge in [0.05, 0.1) is 12.0 Å². The Labute approximate surface area is 147 Å². The highest BCUT2D eigenvalue weighted by atomic mass is 19.1. The molecule has 1 saturated heterocycles. The lowest BCUT2D eigenvalue weighted by atomic mass is 9.88. The maximum Gasteiger partial charge on any atom is 0.162 e. The lowest BCUT2D eigenvalue weighted by molar-refractivity contribution is -0.127. The van der Waals surface area contributed by atoms with Crippen LogP contribution in [-0.4, -0.2) is 41.8 Å². The van der Waals surface area contributed by atoms with Crippen molar-refractivity contribution in [1.82, 2.24) is 4.90 Å². The Morgan fingerprint density at radius 3 is 2.56 bits per heavy atom. The van der Waals surface area contributed by atoms with Crippen LogP contribution in [0.2, 0.25) is 0 Å². The van der Waals surface area contributed by atoms with Gasteiger partial charge >= 0.3 is 0 Å². The molecule has 3 atom stereocenters. The number of halogens is 1. The second-order valence-electron chi connectivity index (χ2n) is 6.30. The summed E-state index contributed by atoms with van der Waals surface area (Å²) in [6.45, 7) is 4.27. The standard InChI is InChI=1S/C18H20FNO3.CH5N/c1-11-14(10-21)16(22)8-9-20(11)17(18(23)12-6-7-12)13-4-2-3-5-15(13)19;1-2/h2-5,10,12,14,16-17,22H,1,6-9H2;2H2,1H3. The third-order valence-corrected chi connectivity index (χ3v) is 4.74. The largest absolute Gasteiger partial charge is 0.392 e. The summed E-state index contributed by atoms with van der Waals surface area (Å²) >= 11 is 0. The highest BCUT2D eigenvalue weighted by Gasteiger charge is 2.43. The van der Waals surface area contributed by atoms with E-state index in [1.807, 2.05) is 0 Å². The number of Topliss-reactive ketones (excluding diaryl/α,β-unsaturated/α-hetero) is 1. The number of nitrogens with zero attached hydrogens (tertiary/aromatic N) is 1. The van der Waals surface area contributed by atoms with Crippen molar-refractivity contribution < 1.29 is 19.1 Å². The van der Waals surface area contributed by atoms with Crippen LogP contribution < -0.4 is 5.73 Å². The molecule has 0 aromatic heterocycles. The molecule has 3 rings (SSSR count). The summed E-state index contributed by atoms with van der Waals surface area (Å²) < 4.78 is 14.3.